The maximum Gasteiger partial charge on any atom is 0.356 e. The number of hydrazine groups is 1. The van der Waals surface area contributed by atoms with Crippen molar-refractivity contribution in [3.05, 3.63) is 41.1 Å². The van der Waals surface area contributed by atoms with Crippen LogP contribution >= 0.6 is 0 Å². The number of fused-ring (bicyclic) bond motifs is 1. The Kier molecular flexibility index (Phi) is 3.42. The van der Waals surface area contributed by atoms with Gasteiger partial charge in [0.1, 0.15) is 11.7 Å². The second kappa shape index (κ2) is 5.27. The molecule has 7 nitrogen and oxygen atoms in total. The number of rotatable bonds is 3. The largest absolute Gasteiger partial charge is 0.461 e. The van der Waals surface area contributed by atoms with Crippen LogP contribution in [0.25, 0.3) is 0 Å². The van der Waals surface area contributed by atoms with Crippen molar-refractivity contribution in [2.75, 3.05) is 11.5 Å². The Hall–Kier alpha value is -2.67. The number of aryl methyl sites for hydroxylation is 1. The quantitative estimate of drug-likeness (QED) is 0.611. The lowest BCUT2D eigenvalue weighted by Gasteiger charge is -2.17. The molecule has 0 saturated carbocycles. The van der Waals surface area contributed by atoms with Crippen molar-refractivity contribution in [1.29, 1.82) is 0 Å². The molecule has 0 bridgehead atoms. The van der Waals surface area contributed by atoms with Crippen LogP contribution in [0, 0.1) is 6.92 Å². The minimum absolute atomic E-state index is 0.00119. The summed E-state index contributed by atoms with van der Waals surface area (Å²) in [6, 6.07) is 6.23. The highest BCUT2D eigenvalue weighted by Gasteiger charge is 2.50. The first-order valence-electron chi connectivity index (χ1n) is 6.93. The summed E-state index contributed by atoms with van der Waals surface area (Å²) >= 11 is 0. The van der Waals surface area contributed by atoms with Crippen molar-refractivity contribution in [1.82, 2.24) is 10.9 Å². The summed E-state index contributed by atoms with van der Waals surface area (Å²) in [5, 5.41) is 0. The number of para-hydroxylation sites is 1. The highest BCUT2D eigenvalue weighted by atomic mass is 16.5. The maximum absolute atomic E-state index is 12.6. The molecule has 1 aromatic carbocycles. The van der Waals surface area contributed by atoms with Crippen molar-refractivity contribution in [2.24, 2.45) is 0 Å². The summed E-state index contributed by atoms with van der Waals surface area (Å²) < 4.78 is 4.90. The summed E-state index contributed by atoms with van der Waals surface area (Å²) in [6.45, 7) is 3.67. The topological polar surface area (TPSA) is 87.7 Å². The predicted molar refractivity (Wildman–Crippen MR) is 77.4 cm³/mol. The average molecular weight is 301 g/mol. The van der Waals surface area contributed by atoms with E-state index >= 15 is 0 Å². The zero-order chi connectivity index (χ0) is 15.9. The molecule has 2 N–H and O–H groups in total. The van der Waals surface area contributed by atoms with Gasteiger partial charge in [0.25, 0.3) is 11.8 Å². The van der Waals surface area contributed by atoms with E-state index in [0.717, 1.165) is 10.5 Å². The fourth-order valence-electron chi connectivity index (χ4n) is 2.60. The van der Waals surface area contributed by atoms with Crippen LogP contribution in [0.4, 0.5) is 5.69 Å². The lowest BCUT2D eigenvalue weighted by Crippen LogP contribution is -2.43. The Morgan fingerprint density at radius 2 is 2.05 bits per heavy atom. The Morgan fingerprint density at radius 1 is 1.32 bits per heavy atom. The summed E-state index contributed by atoms with van der Waals surface area (Å²) in [7, 11) is 0. The van der Waals surface area contributed by atoms with Crippen LogP contribution in [-0.4, -0.2) is 30.4 Å². The summed E-state index contributed by atoms with van der Waals surface area (Å²) in [5.41, 5.74) is 6.67. The number of carbonyl (C=O) groups excluding carboxylic acids is 3. The molecule has 22 heavy (non-hydrogen) atoms. The number of esters is 1. The number of anilines is 1. The van der Waals surface area contributed by atoms with Crippen molar-refractivity contribution in [3.8, 4) is 0 Å². The predicted octanol–water partition coefficient (Wildman–Crippen LogP) is 0.162. The minimum atomic E-state index is -0.869. The van der Waals surface area contributed by atoms with E-state index in [-0.39, 0.29) is 17.9 Å². The first-order chi connectivity index (χ1) is 10.6. The smallest absolute Gasteiger partial charge is 0.356 e. The number of benzene rings is 1. The molecule has 0 radical (unpaired) electrons. The van der Waals surface area contributed by atoms with Crippen LogP contribution < -0.4 is 15.8 Å². The van der Waals surface area contributed by atoms with Crippen LogP contribution in [0.5, 0.6) is 0 Å². The molecular formula is C15H15N3O4. The van der Waals surface area contributed by atoms with Gasteiger partial charge < -0.3 is 10.2 Å². The molecule has 1 fully saturated rings. The number of carbonyl (C=O) groups is 3. The zero-order valence-electron chi connectivity index (χ0n) is 12.2. The first kappa shape index (κ1) is 14.3. The van der Waals surface area contributed by atoms with E-state index in [1.807, 2.05) is 19.1 Å². The number of amides is 2. The standard InChI is InChI=1S/C15H15N3O4/c1-3-22-15(21)12-10-11(16-17-12)14(20)18(13(10)19)9-7-5-4-6-8(9)2/h4-7,11,16-17H,3H2,1-2H3. The molecule has 2 aliphatic heterocycles. The highest BCUT2D eigenvalue weighted by molar-refractivity contribution is 6.33. The van der Waals surface area contributed by atoms with Gasteiger partial charge in [0.15, 0.2) is 0 Å². The van der Waals surface area contributed by atoms with E-state index in [0.29, 0.717) is 5.69 Å². The second-order valence-corrected chi connectivity index (χ2v) is 4.98. The van der Waals surface area contributed by atoms with E-state index in [4.69, 9.17) is 4.74 Å². The molecule has 1 unspecified atom stereocenters. The van der Waals surface area contributed by atoms with Gasteiger partial charge in [0, 0.05) is 0 Å². The van der Waals surface area contributed by atoms with Crippen LogP contribution in [0.3, 0.4) is 0 Å². The summed E-state index contributed by atoms with van der Waals surface area (Å²) in [5.74, 6) is -1.58. The molecule has 1 saturated heterocycles. The van der Waals surface area contributed by atoms with Gasteiger partial charge in [0.2, 0.25) is 0 Å². The molecule has 0 spiro atoms. The van der Waals surface area contributed by atoms with Crippen LogP contribution in [0.15, 0.2) is 35.5 Å². The van der Waals surface area contributed by atoms with E-state index in [2.05, 4.69) is 10.9 Å². The lowest BCUT2D eigenvalue weighted by molar-refractivity contribution is -0.139. The van der Waals surface area contributed by atoms with Gasteiger partial charge in [-0.25, -0.2) is 15.1 Å². The van der Waals surface area contributed by atoms with E-state index in [9.17, 15) is 14.4 Å². The van der Waals surface area contributed by atoms with Crippen LogP contribution in [0.1, 0.15) is 12.5 Å². The van der Waals surface area contributed by atoms with Gasteiger partial charge >= 0.3 is 5.97 Å². The Balaban J connectivity index is 2.04. The third-order valence-electron chi connectivity index (χ3n) is 3.64. The fraction of sp³-hybridized carbons (Fsp3) is 0.267. The summed E-state index contributed by atoms with van der Waals surface area (Å²) in [4.78, 5) is 38.1. The Morgan fingerprint density at radius 3 is 2.73 bits per heavy atom. The van der Waals surface area contributed by atoms with Crippen LogP contribution in [0.2, 0.25) is 0 Å². The van der Waals surface area contributed by atoms with E-state index < -0.39 is 23.8 Å². The monoisotopic (exact) mass is 301 g/mol. The van der Waals surface area contributed by atoms with Gasteiger partial charge in [-0.2, -0.15) is 0 Å². The van der Waals surface area contributed by atoms with Crippen molar-refractivity contribution >= 4 is 23.5 Å². The maximum atomic E-state index is 12.6. The fourth-order valence-corrected chi connectivity index (χ4v) is 2.60. The first-order valence-corrected chi connectivity index (χ1v) is 6.93. The van der Waals surface area contributed by atoms with Crippen molar-refractivity contribution < 1.29 is 19.1 Å². The van der Waals surface area contributed by atoms with Gasteiger partial charge in [-0.1, -0.05) is 18.2 Å². The van der Waals surface area contributed by atoms with E-state index in [1.54, 1.807) is 19.1 Å². The number of hydrogen-bond donors (Lipinski definition) is 2. The number of nitrogens with zero attached hydrogens (tertiary/aromatic N) is 1. The van der Waals surface area contributed by atoms with Gasteiger partial charge in [-0.3, -0.25) is 9.59 Å². The molecule has 0 aromatic heterocycles. The molecule has 2 heterocycles. The molecule has 114 valence electrons. The third-order valence-corrected chi connectivity index (χ3v) is 3.64. The number of nitrogens with one attached hydrogen (secondary N) is 2. The molecule has 1 atom stereocenters. The van der Waals surface area contributed by atoms with Gasteiger partial charge in [0.05, 0.1) is 17.9 Å². The van der Waals surface area contributed by atoms with Crippen molar-refractivity contribution in [2.45, 2.75) is 19.9 Å². The third kappa shape index (κ3) is 1.98. The van der Waals surface area contributed by atoms with Gasteiger partial charge in [-0.05, 0) is 25.5 Å². The number of ether oxygens (including phenoxy) is 1. The minimum Gasteiger partial charge on any atom is -0.461 e. The van der Waals surface area contributed by atoms with Crippen LogP contribution in [-0.2, 0) is 19.1 Å². The van der Waals surface area contributed by atoms with Gasteiger partial charge in [-0.15, -0.1) is 0 Å². The molecule has 1 aromatic rings. The molecule has 0 aliphatic carbocycles. The average Bonchev–Trinajstić information content (AvgIpc) is 3.02. The molecule has 7 heteroatoms. The lowest BCUT2D eigenvalue weighted by atomic mass is 10.1. The molecular weight excluding hydrogens is 286 g/mol. The zero-order valence-corrected chi connectivity index (χ0v) is 12.2. The SMILES string of the molecule is CCOC(=O)C1=C2C(=O)N(c3ccccc3C)C(=O)C2NN1. The molecule has 2 aliphatic rings. The Bertz CT molecular complexity index is 710. The molecule has 3 rings (SSSR count). The second-order valence-electron chi connectivity index (χ2n) is 4.98. The summed E-state index contributed by atoms with van der Waals surface area (Å²) in [6.07, 6.45) is 0. The number of hydrogen-bond acceptors (Lipinski definition) is 6. The normalized spacial score (nSPS) is 20.3. The van der Waals surface area contributed by atoms with E-state index in [1.165, 1.54) is 0 Å². The molecule has 2 amide bonds. The number of imide groups is 1. The van der Waals surface area contributed by atoms with Crippen molar-refractivity contribution in [3.63, 3.8) is 0 Å². The highest BCUT2D eigenvalue weighted by Crippen LogP contribution is 2.31. The Labute approximate surface area is 126 Å².